The van der Waals surface area contributed by atoms with Crippen molar-refractivity contribution in [3.8, 4) is 5.75 Å². The quantitative estimate of drug-likeness (QED) is 0.783. The summed E-state index contributed by atoms with van der Waals surface area (Å²) in [6.07, 6.45) is 9.73. The van der Waals surface area contributed by atoms with Gasteiger partial charge in [0, 0.05) is 0 Å². The lowest BCUT2D eigenvalue weighted by Gasteiger charge is -2.03. The van der Waals surface area contributed by atoms with E-state index < -0.39 is 5.97 Å². The molecule has 0 aliphatic heterocycles. The van der Waals surface area contributed by atoms with Gasteiger partial charge in [0.05, 0.1) is 5.56 Å². The molecule has 0 unspecified atom stereocenters. The minimum Gasteiger partial charge on any atom is -0.508 e. The van der Waals surface area contributed by atoms with Gasteiger partial charge in [-0.2, -0.15) is 0 Å². The molecule has 0 aromatic heterocycles. The van der Waals surface area contributed by atoms with Crippen molar-refractivity contribution in [2.24, 2.45) is 0 Å². The highest BCUT2D eigenvalue weighted by Crippen LogP contribution is 2.18. The second-order valence-corrected chi connectivity index (χ2v) is 4.96. The van der Waals surface area contributed by atoms with Gasteiger partial charge in [-0.15, -0.1) is 0 Å². The Morgan fingerprint density at radius 2 is 1.57 bits per heavy atom. The second-order valence-electron chi connectivity index (χ2n) is 4.96. The molecule has 116 valence electrons. The minimum atomic E-state index is -0.930. The van der Waals surface area contributed by atoms with E-state index in [0.29, 0.717) is 0 Å². The summed E-state index contributed by atoms with van der Waals surface area (Å²) in [5, 5.41) is 18.2. The van der Waals surface area contributed by atoms with Gasteiger partial charge in [0.25, 0.3) is 0 Å². The molecule has 0 saturated heterocycles. The molecule has 2 N–H and O–H groups in total. The van der Waals surface area contributed by atoms with Crippen LogP contribution in [0.2, 0.25) is 0 Å². The zero-order chi connectivity index (χ0) is 16.7. The number of hydrogen-bond acceptors (Lipinski definition) is 2. The number of hydrogen-bond donors (Lipinski definition) is 2. The Morgan fingerprint density at radius 3 is 2.13 bits per heavy atom. The summed E-state index contributed by atoms with van der Waals surface area (Å²) in [5.74, 6) is -0.689. The molecule has 2 aromatic carbocycles. The maximum Gasteiger partial charge on any atom is 0.335 e. The first kappa shape index (κ1) is 16.3. The summed E-state index contributed by atoms with van der Waals surface area (Å²) in [7, 11) is 0. The van der Waals surface area contributed by atoms with Gasteiger partial charge in [-0.3, -0.25) is 0 Å². The number of allylic oxidation sites excluding steroid dienone is 5. The number of phenols is 1. The zero-order valence-corrected chi connectivity index (χ0v) is 12.8. The van der Waals surface area contributed by atoms with E-state index in [-0.39, 0.29) is 11.3 Å². The Morgan fingerprint density at radius 1 is 0.957 bits per heavy atom. The summed E-state index contributed by atoms with van der Waals surface area (Å²) in [6, 6.07) is 13.7. The molecule has 0 spiro atoms. The fourth-order valence-electron chi connectivity index (χ4n) is 2.08. The average Bonchev–Trinajstić information content (AvgIpc) is 2.56. The molecule has 23 heavy (non-hydrogen) atoms. The number of aromatic carboxylic acids is 1. The van der Waals surface area contributed by atoms with Gasteiger partial charge in [-0.1, -0.05) is 54.6 Å². The van der Waals surface area contributed by atoms with E-state index in [1.807, 2.05) is 49.4 Å². The molecule has 0 atom stereocenters. The van der Waals surface area contributed by atoms with E-state index in [1.54, 1.807) is 36.4 Å². The number of rotatable bonds is 5. The normalized spacial score (nSPS) is 12.1. The van der Waals surface area contributed by atoms with Gasteiger partial charge in [0.2, 0.25) is 0 Å². The van der Waals surface area contributed by atoms with E-state index in [2.05, 4.69) is 0 Å². The largest absolute Gasteiger partial charge is 0.508 e. The highest BCUT2D eigenvalue weighted by atomic mass is 16.4. The molecule has 3 nitrogen and oxygen atoms in total. The van der Waals surface area contributed by atoms with Crippen LogP contribution in [0.25, 0.3) is 11.6 Å². The van der Waals surface area contributed by atoms with Gasteiger partial charge >= 0.3 is 5.97 Å². The third kappa shape index (κ3) is 4.71. The van der Waals surface area contributed by atoms with Crippen LogP contribution >= 0.6 is 0 Å². The lowest BCUT2D eigenvalue weighted by molar-refractivity contribution is 0.0697. The fraction of sp³-hybridized carbons (Fsp3) is 0.0500. The monoisotopic (exact) mass is 306 g/mol. The minimum absolute atomic E-state index is 0.241. The lowest BCUT2D eigenvalue weighted by Crippen LogP contribution is -1.95. The van der Waals surface area contributed by atoms with Crippen molar-refractivity contribution in [3.05, 3.63) is 89.5 Å². The van der Waals surface area contributed by atoms with Gasteiger partial charge < -0.3 is 10.2 Å². The zero-order valence-electron chi connectivity index (χ0n) is 12.8. The second kappa shape index (κ2) is 7.80. The van der Waals surface area contributed by atoms with E-state index in [9.17, 15) is 9.90 Å². The summed E-state index contributed by atoms with van der Waals surface area (Å²) in [6.45, 7) is 1.93. The third-order valence-electron chi connectivity index (χ3n) is 3.27. The molecule has 0 radical (unpaired) electrons. The maximum atomic E-state index is 10.9. The number of aromatic hydroxyl groups is 1. The van der Waals surface area contributed by atoms with E-state index in [0.717, 1.165) is 16.7 Å². The van der Waals surface area contributed by atoms with Crippen molar-refractivity contribution in [2.45, 2.75) is 6.92 Å². The summed E-state index contributed by atoms with van der Waals surface area (Å²) in [5.41, 5.74) is 3.19. The molecule has 0 fully saturated rings. The van der Waals surface area contributed by atoms with Crippen LogP contribution in [0.3, 0.4) is 0 Å². The number of carboxylic acid groups (broad SMARTS) is 1. The standard InChI is InChI=1S/C20H18O3/c1-2-4-16(17-9-11-18(12-10-17)20(22)23)6-3-5-15-7-13-19(21)14-8-15/h2-14,21H,1H3,(H,22,23)/b4-2-,5-3+,16-6+. The average molecular weight is 306 g/mol. The molecular weight excluding hydrogens is 288 g/mol. The molecule has 0 aliphatic rings. The van der Waals surface area contributed by atoms with Crippen LogP contribution < -0.4 is 0 Å². The number of phenolic OH excluding ortho intramolecular Hbond substituents is 1. The Kier molecular flexibility index (Phi) is 5.53. The Bertz CT molecular complexity index is 748. The van der Waals surface area contributed by atoms with E-state index in [4.69, 9.17) is 5.11 Å². The maximum absolute atomic E-state index is 10.9. The number of carbonyl (C=O) groups is 1. The lowest BCUT2D eigenvalue weighted by atomic mass is 10.0. The Labute approximate surface area is 135 Å². The number of benzene rings is 2. The molecule has 0 heterocycles. The molecule has 3 heteroatoms. The SMILES string of the molecule is C\C=C/C(=C\C=C\c1ccc(O)cc1)c1ccc(C(=O)O)cc1. The summed E-state index contributed by atoms with van der Waals surface area (Å²) < 4.78 is 0. The van der Waals surface area contributed by atoms with Crippen LogP contribution in [0.1, 0.15) is 28.4 Å². The summed E-state index contributed by atoms with van der Waals surface area (Å²) in [4.78, 5) is 10.9. The molecule has 0 saturated carbocycles. The van der Waals surface area contributed by atoms with Crippen LogP contribution in [0.15, 0.2) is 72.8 Å². The fourth-order valence-corrected chi connectivity index (χ4v) is 2.08. The Balaban J connectivity index is 2.23. The highest BCUT2D eigenvalue weighted by molar-refractivity contribution is 5.88. The van der Waals surface area contributed by atoms with Crippen molar-refractivity contribution < 1.29 is 15.0 Å². The van der Waals surface area contributed by atoms with Gasteiger partial charge in [-0.05, 0) is 47.9 Å². The first-order chi connectivity index (χ1) is 11.1. The van der Waals surface area contributed by atoms with Crippen LogP contribution in [-0.4, -0.2) is 16.2 Å². The van der Waals surface area contributed by atoms with Crippen molar-refractivity contribution >= 4 is 17.6 Å². The van der Waals surface area contributed by atoms with Gasteiger partial charge in [0.1, 0.15) is 5.75 Å². The molecular formula is C20H18O3. The van der Waals surface area contributed by atoms with Crippen molar-refractivity contribution in [1.29, 1.82) is 0 Å². The first-order valence-corrected chi connectivity index (χ1v) is 7.24. The number of carboxylic acids is 1. The Hall–Kier alpha value is -3.07. The molecule has 2 rings (SSSR count). The van der Waals surface area contributed by atoms with Gasteiger partial charge in [-0.25, -0.2) is 4.79 Å². The van der Waals surface area contributed by atoms with Crippen LogP contribution in [0.4, 0.5) is 0 Å². The van der Waals surface area contributed by atoms with Crippen molar-refractivity contribution in [3.63, 3.8) is 0 Å². The topological polar surface area (TPSA) is 57.5 Å². The molecule has 0 amide bonds. The molecule has 0 aliphatic carbocycles. The van der Waals surface area contributed by atoms with Crippen LogP contribution in [0.5, 0.6) is 5.75 Å². The van der Waals surface area contributed by atoms with Crippen molar-refractivity contribution in [2.75, 3.05) is 0 Å². The van der Waals surface area contributed by atoms with Crippen LogP contribution in [-0.2, 0) is 0 Å². The van der Waals surface area contributed by atoms with Crippen LogP contribution in [0, 0.1) is 0 Å². The highest BCUT2D eigenvalue weighted by Gasteiger charge is 2.02. The molecule has 0 bridgehead atoms. The smallest absolute Gasteiger partial charge is 0.335 e. The van der Waals surface area contributed by atoms with Gasteiger partial charge in [0.15, 0.2) is 0 Å². The predicted octanol–water partition coefficient (Wildman–Crippen LogP) is 4.76. The van der Waals surface area contributed by atoms with E-state index >= 15 is 0 Å². The van der Waals surface area contributed by atoms with E-state index in [1.165, 1.54) is 0 Å². The summed E-state index contributed by atoms with van der Waals surface area (Å²) >= 11 is 0. The predicted molar refractivity (Wildman–Crippen MR) is 93.3 cm³/mol. The molecule has 2 aromatic rings. The first-order valence-electron chi connectivity index (χ1n) is 7.24. The van der Waals surface area contributed by atoms with Crippen molar-refractivity contribution in [1.82, 2.24) is 0 Å². The third-order valence-corrected chi connectivity index (χ3v) is 3.27.